The van der Waals surface area contributed by atoms with E-state index < -0.39 is 0 Å². The number of hydrogen-bond donors (Lipinski definition) is 0. The summed E-state index contributed by atoms with van der Waals surface area (Å²) in [6, 6.07) is 21.3. The molecule has 0 saturated heterocycles. The smallest absolute Gasteiger partial charge is 0.336 e. The lowest BCUT2D eigenvalue weighted by molar-refractivity contribution is 0.242. The molecule has 0 radical (unpaired) electrons. The van der Waals surface area contributed by atoms with Crippen molar-refractivity contribution in [3.8, 4) is 16.9 Å². The van der Waals surface area contributed by atoms with Gasteiger partial charge in [0.15, 0.2) is 0 Å². The van der Waals surface area contributed by atoms with E-state index in [0.29, 0.717) is 5.58 Å². The van der Waals surface area contributed by atoms with Crippen LogP contribution in [0.5, 0.6) is 5.75 Å². The van der Waals surface area contributed by atoms with Gasteiger partial charge in [0.05, 0.1) is 6.10 Å². The van der Waals surface area contributed by atoms with Crippen LogP contribution >= 0.6 is 0 Å². The van der Waals surface area contributed by atoms with Crippen LogP contribution in [0.2, 0.25) is 0 Å². The summed E-state index contributed by atoms with van der Waals surface area (Å²) in [5.74, 6) is 0.816. The first-order valence-electron chi connectivity index (χ1n) is 8.34. The molecule has 124 valence electrons. The third-order valence-corrected chi connectivity index (χ3v) is 4.17. The van der Waals surface area contributed by atoms with Gasteiger partial charge in [-0.3, -0.25) is 0 Å². The predicted molar refractivity (Wildman–Crippen MR) is 101 cm³/mol. The van der Waals surface area contributed by atoms with E-state index in [9.17, 15) is 4.79 Å². The van der Waals surface area contributed by atoms with Crippen molar-refractivity contribution in [1.82, 2.24) is 0 Å². The summed E-state index contributed by atoms with van der Waals surface area (Å²) in [4.78, 5) is 12.0. The van der Waals surface area contributed by atoms with Crippen molar-refractivity contribution in [2.24, 2.45) is 0 Å². The van der Waals surface area contributed by atoms with Crippen molar-refractivity contribution in [2.45, 2.75) is 20.0 Å². The molecule has 0 atom stereocenters. The maximum Gasteiger partial charge on any atom is 0.336 e. The zero-order valence-electron chi connectivity index (χ0n) is 14.2. The van der Waals surface area contributed by atoms with E-state index in [1.54, 1.807) is 6.07 Å². The molecule has 1 heterocycles. The minimum absolute atomic E-state index is 0.124. The zero-order chi connectivity index (χ0) is 17.4. The molecular formula is C22H18O3. The summed E-state index contributed by atoms with van der Waals surface area (Å²) in [5, 5.41) is 3.14. The first-order valence-corrected chi connectivity index (χ1v) is 8.34. The number of benzene rings is 3. The molecule has 0 N–H and O–H groups in total. The van der Waals surface area contributed by atoms with Gasteiger partial charge in [-0.15, -0.1) is 0 Å². The lowest BCUT2D eigenvalue weighted by atomic mass is 9.97. The van der Waals surface area contributed by atoms with Crippen molar-refractivity contribution >= 4 is 21.7 Å². The van der Waals surface area contributed by atoms with Crippen LogP contribution in [0.25, 0.3) is 32.9 Å². The van der Waals surface area contributed by atoms with Crippen LogP contribution in [-0.4, -0.2) is 6.10 Å². The molecule has 1 aromatic heterocycles. The number of fused-ring (bicyclic) bond motifs is 3. The fraction of sp³-hybridized carbons (Fsp3) is 0.136. The van der Waals surface area contributed by atoms with E-state index in [0.717, 1.165) is 33.0 Å². The van der Waals surface area contributed by atoms with E-state index >= 15 is 0 Å². The number of ether oxygens (including phenoxy) is 1. The highest BCUT2D eigenvalue weighted by atomic mass is 16.5. The highest BCUT2D eigenvalue weighted by molar-refractivity contribution is 6.12. The Morgan fingerprint density at radius 3 is 2.44 bits per heavy atom. The molecule has 0 aliphatic heterocycles. The number of hydrogen-bond acceptors (Lipinski definition) is 3. The summed E-state index contributed by atoms with van der Waals surface area (Å²) < 4.78 is 11.1. The molecule has 0 fully saturated rings. The monoisotopic (exact) mass is 330 g/mol. The summed E-state index contributed by atoms with van der Waals surface area (Å²) >= 11 is 0. The molecule has 0 bridgehead atoms. The van der Waals surface area contributed by atoms with Crippen LogP contribution in [-0.2, 0) is 0 Å². The SMILES string of the molecule is CC(C)Oc1ccc(-c2cc(=O)oc3ccc4ccccc4c23)cc1. The lowest BCUT2D eigenvalue weighted by Crippen LogP contribution is -2.05. The van der Waals surface area contributed by atoms with E-state index in [1.165, 1.54) is 0 Å². The molecule has 4 aromatic rings. The average Bonchev–Trinajstić information content (AvgIpc) is 2.61. The Bertz CT molecular complexity index is 1110. The van der Waals surface area contributed by atoms with Crippen molar-refractivity contribution in [3.63, 3.8) is 0 Å². The van der Waals surface area contributed by atoms with Crippen molar-refractivity contribution < 1.29 is 9.15 Å². The Labute approximate surface area is 145 Å². The standard InChI is InChI=1S/C22H18O3/c1-14(2)24-17-10-7-16(8-11-17)19-13-21(23)25-20-12-9-15-5-3-4-6-18(15)22(19)20/h3-14H,1-2H3. The molecule has 4 rings (SSSR count). The third-order valence-electron chi connectivity index (χ3n) is 4.17. The molecule has 0 unspecified atom stereocenters. The van der Waals surface area contributed by atoms with Gasteiger partial charge in [-0.05, 0) is 48.4 Å². The number of rotatable bonds is 3. The molecule has 3 aromatic carbocycles. The zero-order valence-corrected chi connectivity index (χ0v) is 14.2. The van der Waals surface area contributed by atoms with Crippen molar-refractivity contribution in [1.29, 1.82) is 0 Å². The van der Waals surface area contributed by atoms with Crippen LogP contribution in [0.15, 0.2) is 75.9 Å². The largest absolute Gasteiger partial charge is 0.491 e. The Morgan fingerprint density at radius 2 is 1.68 bits per heavy atom. The molecule has 0 aliphatic carbocycles. The fourth-order valence-electron chi connectivity index (χ4n) is 3.16. The van der Waals surface area contributed by atoms with Crippen molar-refractivity contribution in [3.05, 3.63) is 77.2 Å². The molecule has 25 heavy (non-hydrogen) atoms. The van der Waals surface area contributed by atoms with Gasteiger partial charge in [-0.2, -0.15) is 0 Å². The molecule has 0 saturated carbocycles. The lowest BCUT2D eigenvalue weighted by Gasteiger charge is -2.12. The predicted octanol–water partition coefficient (Wildman–Crippen LogP) is 5.40. The summed E-state index contributed by atoms with van der Waals surface area (Å²) in [7, 11) is 0. The van der Waals surface area contributed by atoms with Crippen LogP contribution in [0.4, 0.5) is 0 Å². The molecular weight excluding hydrogens is 312 g/mol. The maximum atomic E-state index is 12.0. The summed E-state index contributed by atoms with van der Waals surface area (Å²) in [6.45, 7) is 3.99. The van der Waals surface area contributed by atoms with E-state index in [4.69, 9.17) is 9.15 Å². The van der Waals surface area contributed by atoms with Gasteiger partial charge in [0.25, 0.3) is 0 Å². The van der Waals surface area contributed by atoms with Crippen LogP contribution in [0.1, 0.15) is 13.8 Å². The average molecular weight is 330 g/mol. The Morgan fingerprint density at radius 1 is 0.920 bits per heavy atom. The van der Waals surface area contributed by atoms with E-state index in [-0.39, 0.29) is 11.7 Å². The van der Waals surface area contributed by atoms with Gasteiger partial charge >= 0.3 is 5.63 Å². The Balaban J connectivity index is 1.97. The van der Waals surface area contributed by atoms with Crippen LogP contribution in [0.3, 0.4) is 0 Å². The quantitative estimate of drug-likeness (QED) is 0.373. The van der Waals surface area contributed by atoms with Crippen LogP contribution in [0, 0.1) is 0 Å². The minimum Gasteiger partial charge on any atom is -0.491 e. The molecule has 0 spiro atoms. The van der Waals surface area contributed by atoms with Crippen molar-refractivity contribution in [2.75, 3.05) is 0 Å². The maximum absolute atomic E-state index is 12.0. The minimum atomic E-state index is -0.347. The van der Waals surface area contributed by atoms with Gasteiger partial charge in [0.2, 0.25) is 0 Å². The second-order valence-corrected chi connectivity index (χ2v) is 6.33. The topological polar surface area (TPSA) is 39.4 Å². The van der Waals surface area contributed by atoms with Gasteiger partial charge in [-0.25, -0.2) is 4.79 Å². The molecule has 0 amide bonds. The van der Waals surface area contributed by atoms with Crippen LogP contribution < -0.4 is 10.4 Å². The van der Waals surface area contributed by atoms with Gasteiger partial charge in [0.1, 0.15) is 11.3 Å². The Hall–Kier alpha value is -3.07. The first-order chi connectivity index (χ1) is 12.1. The fourth-order valence-corrected chi connectivity index (χ4v) is 3.16. The highest BCUT2D eigenvalue weighted by Crippen LogP contribution is 2.34. The summed E-state index contributed by atoms with van der Waals surface area (Å²) in [6.07, 6.45) is 0.124. The Kier molecular flexibility index (Phi) is 3.77. The van der Waals surface area contributed by atoms with Gasteiger partial charge in [0, 0.05) is 17.0 Å². The second kappa shape index (κ2) is 6.10. The van der Waals surface area contributed by atoms with E-state index in [2.05, 4.69) is 12.1 Å². The third kappa shape index (κ3) is 2.89. The van der Waals surface area contributed by atoms with Gasteiger partial charge < -0.3 is 9.15 Å². The molecule has 0 aliphatic rings. The summed E-state index contributed by atoms with van der Waals surface area (Å²) in [5.41, 5.74) is 2.09. The first kappa shape index (κ1) is 15.5. The molecule has 3 nitrogen and oxygen atoms in total. The normalized spacial score (nSPS) is 11.3. The molecule has 3 heteroatoms. The van der Waals surface area contributed by atoms with E-state index in [1.807, 2.05) is 62.4 Å². The second-order valence-electron chi connectivity index (χ2n) is 6.33. The highest BCUT2D eigenvalue weighted by Gasteiger charge is 2.11. The van der Waals surface area contributed by atoms with Gasteiger partial charge in [-0.1, -0.05) is 42.5 Å².